The first-order chi connectivity index (χ1) is 14.5. The van der Waals surface area contributed by atoms with Gasteiger partial charge in [0, 0.05) is 23.3 Å². The van der Waals surface area contributed by atoms with Crippen LogP contribution < -0.4 is 4.90 Å². The van der Waals surface area contributed by atoms with E-state index in [0.717, 1.165) is 0 Å². The smallest absolute Gasteiger partial charge is 0.0481 e. The van der Waals surface area contributed by atoms with Gasteiger partial charge in [0.15, 0.2) is 0 Å². The molecule has 0 aliphatic carbocycles. The molecule has 0 spiro atoms. The van der Waals surface area contributed by atoms with Crippen LogP contribution in [0.5, 0.6) is 0 Å². The average Bonchev–Trinajstić information content (AvgIpc) is 2.77. The summed E-state index contributed by atoms with van der Waals surface area (Å²) in [6.07, 6.45) is 10.0. The summed E-state index contributed by atoms with van der Waals surface area (Å²) < 4.78 is 2.10. The van der Waals surface area contributed by atoms with Crippen LogP contribution in [0.15, 0.2) is 84.3 Å². The predicted molar refractivity (Wildman–Crippen MR) is 143 cm³/mol. The molecule has 30 heavy (non-hydrogen) atoms. The van der Waals surface area contributed by atoms with Crippen molar-refractivity contribution >= 4 is 29.4 Å². The molecule has 0 unspecified atom stereocenters. The molecule has 2 rings (SSSR count). The number of nitrogens with zero attached hydrogens (tertiary/aromatic N) is 2. The van der Waals surface area contributed by atoms with Crippen molar-refractivity contribution in [2.24, 2.45) is 0 Å². The van der Waals surface area contributed by atoms with Crippen molar-refractivity contribution in [2.45, 2.75) is 46.4 Å². The van der Waals surface area contributed by atoms with Crippen LogP contribution in [0.4, 0.5) is 11.4 Å². The molecule has 0 saturated carbocycles. The Bertz CT molecular complexity index is 733. The number of hydrogen-bond donors (Lipinski definition) is 0. The molecule has 2 aromatic carbocycles. The molecule has 0 aliphatic heterocycles. The van der Waals surface area contributed by atoms with Crippen molar-refractivity contribution in [3.8, 4) is 0 Å². The minimum atomic E-state index is 1.18. The third-order valence-corrected chi connectivity index (χ3v) is 4.20. The average molecular weight is 427 g/mol. The third kappa shape index (κ3) is 12.4. The minimum absolute atomic E-state index is 1.18. The third-order valence-electron chi connectivity index (χ3n) is 3.37. The van der Waals surface area contributed by atoms with E-state index in [2.05, 4.69) is 97.6 Å². The predicted octanol–water partition coefficient (Wildman–Crippen LogP) is 8.86. The molecule has 0 amide bonds. The zero-order valence-electron chi connectivity index (χ0n) is 20.5. The molecule has 0 N–H and O–H groups in total. The molecule has 0 fully saturated rings. The number of anilines is 2. The molecule has 166 valence electrons. The monoisotopic (exact) mass is 426 g/mol. The quantitative estimate of drug-likeness (QED) is 0.259. The van der Waals surface area contributed by atoms with Gasteiger partial charge in [-0.15, -0.1) is 6.58 Å². The maximum atomic E-state index is 3.36. The van der Waals surface area contributed by atoms with E-state index in [1.54, 1.807) is 18.0 Å². The van der Waals surface area contributed by atoms with Crippen LogP contribution in [0.25, 0.3) is 6.08 Å². The number of allylic oxidation sites excluding steroid dienone is 4. The van der Waals surface area contributed by atoms with E-state index in [1.165, 1.54) is 21.8 Å². The Morgan fingerprint density at radius 2 is 1.43 bits per heavy atom. The first kappa shape index (κ1) is 30.0. The van der Waals surface area contributed by atoms with E-state index < -0.39 is 0 Å². The summed E-state index contributed by atoms with van der Waals surface area (Å²) in [7, 11) is 6.23. The number of benzene rings is 2. The van der Waals surface area contributed by atoms with Gasteiger partial charge in [0.25, 0.3) is 0 Å². The van der Waals surface area contributed by atoms with Gasteiger partial charge in [-0.25, -0.2) is 0 Å². The van der Waals surface area contributed by atoms with Crippen molar-refractivity contribution in [1.29, 1.82) is 0 Å². The largest absolute Gasteiger partial charge is 0.344 e. The molecule has 3 heteroatoms. The molecule has 0 bridgehead atoms. The summed E-state index contributed by atoms with van der Waals surface area (Å²) >= 11 is 1.73. The normalized spacial score (nSPS) is 9.80. The standard InChI is InChI=1S/C20H24N2S.C3H6.2C2H6/c1-5-6-7-11-17-12-8-9-15-20(17)22(4)18-13-10-14-19(16-18)23-21(2)3;1-3-2;2*1-2/h5-16H,1-4H3;3H,1H2,2H3;2*1-2H3/b6-5+,11-7+;;;. The highest BCUT2D eigenvalue weighted by atomic mass is 32.2. The van der Waals surface area contributed by atoms with E-state index in [1.807, 2.05) is 53.7 Å². The number of rotatable bonds is 6. The Kier molecular flexibility index (Phi) is 20.0. The van der Waals surface area contributed by atoms with Crippen LogP contribution in [0, 0.1) is 0 Å². The molecule has 0 aliphatic rings. The van der Waals surface area contributed by atoms with Crippen molar-refractivity contribution < 1.29 is 0 Å². The van der Waals surface area contributed by atoms with Gasteiger partial charge in [0.2, 0.25) is 0 Å². The van der Waals surface area contributed by atoms with Crippen LogP contribution in [0.2, 0.25) is 0 Å². The van der Waals surface area contributed by atoms with Gasteiger partial charge in [-0.1, -0.05) is 82.3 Å². The van der Waals surface area contributed by atoms with Crippen molar-refractivity contribution in [1.82, 2.24) is 4.31 Å². The second-order valence-electron chi connectivity index (χ2n) is 5.81. The topological polar surface area (TPSA) is 6.48 Å². The molecular formula is C27H42N2S. The molecular weight excluding hydrogens is 384 g/mol. The fraction of sp³-hybridized carbons (Fsp3) is 0.333. The Morgan fingerprint density at radius 3 is 2.00 bits per heavy atom. The highest BCUT2D eigenvalue weighted by Gasteiger charge is 2.08. The maximum Gasteiger partial charge on any atom is 0.0481 e. The molecule has 2 aromatic rings. The molecule has 0 radical (unpaired) electrons. The molecule has 0 heterocycles. The summed E-state index contributed by atoms with van der Waals surface area (Å²) in [5.41, 5.74) is 3.59. The first-order valence-electron chi connectivity index (χ1n) is 10.7. The van der Waals surface area contributed by atoms with Crippen molar-refractivity contribution in [2.75, 3.05) is 26.0 Å². The van der Waals surface area contributed by atoms with Crippen LogP contribution in [-0.2, 0) is 0 Å². The summed E-state index contributed by atoms with van der Waals surface area (Å²) in [5, 5.41) is 0. The SMILES string of the molecule is C/C=C/C=C/c1ccccc1N(C)c1cccc(SN(C)C)c1.C=CC.CC.CC. The van der Waals surface area contributed by atoms with E-state index in [0.29, 0.717) is 0 Å². The molecule has 0 atom stereocenters. The highest BCUT2D eigenvalue weighted by molar-refractivity contribution is 7.97. The van der Waals surface area contributed by atoms with E-state index >= 15 is 0 Å². The van der Waals surface area contributed by atoms with E-state index in [4.69, 9.17) is 0 Å². The fourth-order valence-electron chi connectivity index (χ4n) is 2.30. The van der Waals surface area contributed by atoms with Gasteiger partial charge in [-0.2, -0.15) is 0 Å². The van der Waals surface area contributed by atoms with Gasteiger partial charge in [-0.05, 0) is 69.7 Å². The van der Waals surface area contributed by atoms with E-state index in [9.17, 15) is 0 Å². The Hall–Kier alpha value is -2.23. The lowest BCUT2D eigenvalue weighted by molar-refractivity contribution is 0.702. The van der Waals surface area contributed by atoms with Gasteiger partial charge < -0.3 is 4.90 Å². The first-order valence-corrected chi connectivity index (χ1v) is 11.4. The Morgan fingerprint density at radius 1 is 0.833 bits per heavy atom. The Balaban J connectivity index is 0. The maximum absolute atomic E-state index is 3.36. The zero-order valence-corrected chi connectivity index (χ0v) is 21.3. The molecule has 2 nitrogen and oxygen atoms in total. The number of hydrogen-bond acceptors (Lipinski definition) is 3. The van der Waals surface area contributed by atoms with Crippen LogP contribution >= 0.6 is 11.9 Å². The summed E-state index contributed by atoms with van der Waals surface area (Å²) in [4.78, 5) is 3.47. The van der Waals surface area contributed by atoms with Gasteiger partial charge in [0.05, 0.1) is 0 Å². The van der Waals surface area contributed by atoms with Gasteiger partial charge in [0.1, 0.15) is 0 Å². The zero-order chi connectivity index (χ0) is 23.4. The highest BCUT2D eigenvalue weighted by Crippen LogP contribution is 2.31. The lowest BCUT2D eigenvalue weighted by Gasteiger charge is -2.22. The lowest BCUT2D eigenvalue weighted by Crippen LogP contribution is -2.11. The van der Waals surface area contributed by atoms with E-state index in [-0.39, 0.29) is 0 Å². The summed E-state index contributed by atoms with van der Waals surface area (Å²) in [6, 6.07) is 17.1. The second-order valence-corrected chi connectivity index (χ2v) is 7.20. The summed E-state index contributed by atoms with van der Waals surface area (Å²) in [6.45, 7) is 15.3. The molecule has 0 aromatic heterocycles. The summed E-state index contributed by atoms with van der Waals surface area (Å²) in [5.74, 6) is 0. The molecule has 0 saturated heterocycles. The number of para-hydroxylation sites is 1. The van der Waals surface area contributed by atoms with Gasteiger partial charge in [-0.3, -0.25) is 4.31 Å². The second kappa shape index (κ2) is 20.1. The Labute approximate surface area is 191 Å². The van der Waals surface area contributed by atoms with Crippen LogP contribution in [-0.4, -0.2) is 25.4 Å². The van der Waals surface area contributed by atoms with Crippen LogP contribution in [0.3, 0.4) is 0 Å². The van der Waals surface area contributed by atoms with Crippen molar-refractivity contribution in [3.05, 3.63) is 85.0 Å². The lowest BCUT2D eigenvalue weighted by atomic mass is 10.1. The minimum Gasteiger partial charge on any atom is -0.344 e. The van der Waals surface area contributed by atoms with Gasteiger partial charge >= 0.3 is 0 Å². The fourth-order valence-corrected chi connectivity index (χ4v) is 3.04. The van der Waals surface area contributed by atoms with Crippen molar-refractivity contribution in [3.63, 3.8) is 0 Å². The van der Waals surface area contributed by atoms with Crippen LogP contribution in [0.1, 0.15) is 47.1 Å².